The first-order valence-electron chi connectivity index (χ1n) is 9.64. The van der Waals surface area contributed by atoms with Crippen molar-refractivity contribution >= 4 is 23.1 Å². The maximum atomic E-state index is 6.23. The molecule has 8 nitrogen and oxygen atoms in total. The second-order valence-corrected chi connectivity index (χ2v) is 7.95. The topological polar surface area (TPSA) is 117 Å². The average molecular weight is 359 g/mol. The van der Waals surface area contributed by atoms with Crippen molar-refractivity contribution in [2.75, 3.05) is 30.8 Å². The molecule has 142 valence electrons. The van der Waals surface area contributed by atoms with Gasteiger partial charge in [-0.2, -0.15) is 4.98 Å². The van der Waals surface area contributed by atoms with Crippen LogP contribution in [0.25, 0.3) is 11.2 Å². The zero-order chi connectivity index (χ0) is 18.1. The average Bonchev–Trinajstić information content (AvgIpc) is 2.97. The third kappa shape index (κ3) is 3.35. The molecule has 3 heterocycles. The van der Waals surface area contributed by atoms with Gasteiger partial charge in [0.2, 0.25) is 11.9 Å². The Bertz CT molecular complexity index is 760. The maximum absolute atomic E-state index is 6.23. The van der Waals surface area contributed by atoms with Crippen LogP contribution in [0.3, 0.4) is 0 Å². The number of rotatable bonds is 4. The number of anilines is 2. The van der Waals surface area contributed by atoms with E-state index in [4.69, 9.17) is 21.2 Å². The van der Waals surface area contributed by atoms with Gasteiger partial charge in [-0.25, -0.2) is 9.97 Å². The van der Waals surface area contributed by atoms with E-state index in [-0.39, 0.29) is 5.54 Å². The van der Waals surface area contributed by atoms with Gasteiger partial charge in [-0.3, -0.25) is 4.57 Å². The van der Waals surface area contributed by atoms with E-state index in [2.05, 4.69) is 26.8 Å². The lowest BCUT2D eigenvalue weighted by atomic mass is 9.86. The molecule has 2 aliphatic rings. The number of nitrogens with two attached hydrogens (primary N) is 2. The molecule has 1 aliphatic heterocycles. The molecular formula is C18H29N7O. The van der Waals surface area contributed by atoms with Gasteiger partial charge in [0.05, 0.1) is 6.20 Å². The first-order chi connectivity index (χ1) is 12.6. The van der Waals surface area contributed by atoms with Gasteiger partial charge in [0.15, 0.2) is 5.65 Å². The number of nitrogen functional groups attached to an aromatic ring is 1. The highest BCUT2D eigenvalue weighted by Crippen LogP contribution is 2.35. The molecule has 2 aromatic rings. The molecule has 2 fully saturated rings. The molecule has 0 bridgehead atoms. The Morgan fingerprint density at radius 3 is 2.65 bits per heavy atom. The second-order valence-electron chi connectivity index (χ2n) is 7.95. The molecule has 0 aromatic carbocycles. The lowest BCUT2D eigenvalue weighted by Crippen LogP contribution is -2.41. The largest absolute Gasteiger partial charge is 0.381 e. The predicted molar refractivity (Wildman–Crippen MR) is 102 cm³/mol. The van der Waals surface area contributed by atoms with E-state index >= 15 is 0 Å². The van der Waals surface area contributed by atoms with E-state index in [9.17, 15) is 0 Å². The Morgan fingerprint density at radius 1 is 1.23 bits per heavy atom. The normalized spacial score (nSPS) is 26.1. The van der Waals surface area contributed by atoms with E-state index in [1.807, 2.05) is 0 Å². The molecule has 0 radical (unpaired) electrons. The highest BCUT2D eigenvalue weighted by atomic mass is 16.5. The van der Waals surface area contributed by atoms with Crippen molar-refractivity contribution in [3.63, 3.8) is 0 Å². The van der Waals surface area contributed by atoms with Crippen molar-refractivity contribution in [3.8, 4) is 0 Å². The van der Waals surface area contributed by atoms with E-state index < -0.39 is 0 Å². The molecule has 0 unspecified atom stereocenters. The Kier molecular flexibility index (Phi) is 4.71. The fourth-order valence-electron chi connectivity index (χ4n) is 4.18. The van der Waals surface area contributed by atoms with Crippen molar-refractivity contribution in [3.05, 3.63) is 6.20 Å². The summed E-state index contributed by atoms with van der Waals surface area (Å²) in [5, 5.41) is 3.50. The maximum Gasteiger partial charge on any atom is 0.225 e. The van der Waals surface area contributed by atoms with Crippen molar-refractivity contribution in [2.45, 2.75) is 57.0 Å². The molecule has 0 amide bonds. The lowest BCUT2D eigenvalue weighted by molar-refractivity contribution is 0.0656. The predicted octanol–water partition coefficient (Wildman–Crippen LogP) is 2.08. The highest BCUT2D eigenvalue weighted by Gasteiger charge is 2.29. The fraction of sp³-hybridized carbons (Fsp3) is 0.722. The van der Waals surface area contributed by atoms with Crippen LogP contribution < -0.4 is 16.8 Å². The number of hydrogen-bond donors (Lipinski definition) is 3. The van der Waals surface area contributed by atoms with Gasteiger partial charge >= 0.3 is 0 Å². The molecule has 26 heavy (non-hydrogen) atoms. The minimum Gasteiger partial charge on any atom is -0.381 e. The van der Waals surface area contributed by atoms with Crippen LogP contribution >= 0.6 is 0 Å². The van der Waals surface area contributed by atoms with Crippen LogP contribution in [-0.2, 0) is 4.74 Å². The Balaban J connectivity index is 1.61. The third-order valence-electron chi connectivity index (χ3n) is 5.98. The summed E-state index contributed by atoms with van der Waals surface area (Å²) < 4.78 is 7.57. The Morgan fingerprint density at radius 2 is 1.96 bits per heavy atom. The summed E-state index contributed by atoms with van der Waals surface area (Å²) in [6, 6.07) is 0.337. The van der Waals surface area contributed by atoms with Crippen molar-refractivity contribution in [1.29, 1.82) is 0 Å². The van der Waals surface area contributed by atoms with Crippen LogP contribution in [0.4, 0.5) is 11.9 Å². The fourth-order valence-corrected chi connectivity index (χ4v) is 4.18. The molecule has 1 saturated heterocycles. The molecular weight excluding hydrogens is 330 g/mol. The number of nitrogens with one attached hydrogen (secondary N) is 1. The van der Waals surface area contributed by atoms with Gasteiger partial charge in [0, 0.05) is 24.8 Å². The molecule has 1 aliphatic carbocycles. The van der Waals surface area contributed by atoms with Crippen LogP contribution in [0.2, 0.25) is 0 Å². The van der Waals surface area contributed by atoms with Gasteiger partial charge in [-0.1, -0.05) is 0 Å². The number of aromatic nitrogens is 4. The van der Waals surface area contributed by atoms with Gasteiger partial charge < -0.3 is 21.5 Å². The summed E-state index contributed by atoms with van der Waals surface area (Å²) in [5.41, 5.74) is 13.6. The van der Waals surface area contributed by atoms with Crippen molar-refractivity contribution in [1.82, 2.24) is 19.5 Å². The number of fused-ring (bicyclic) bond motifs is 1. The molecule has 2 aromatic heterocycles. The highest BCUT2D eigenvalue weighted by molar-refractivity contribution is 5.74. The summed E-state index contributed by atoms with van der Waals surface area (Å²) in [7, 11) is 0. The smallest absolute Gasteiger partial charge is 0.225 e. The van der Waals surface area contributed by atoms with Crippen LogP contribution in [0.5, 0.6) is 0 Å². The van der Waals surface area contributed by atoms with Gasteiger partial charge in [0.25, 0.3) is 0 Å². The number of ether oxygens (including phenoxy) is 1. The summed E-state index contributed by atoms with van der Waals surface area (Å²) in [4.78, 5) is 13.7. The number of nitrogens with zero attached hydrogens (tertiary/aromatic N) is 4. The SMILES string of the molecule is CC1(Nc2ncc3nc(N)n(C4CCC(CN)CC4)c3n2)CCOCC1. The number of hydrogen-bond acceptors (Lipinski definition) is 7. The van der Waals surface area contributed by atoms with Crippen LogP contribution in [0.15, 0.2) is 6.20 Å². The zero-order valence-corrected chi connectivity index (χ0v) is 15.4. The van der Waals surface area contributed by atoms with Crippen LogP contribution in [0, 0.1) is 5.92 Å². The molecule has 1 saturated carbocycles. The van der Waals surface area contributed by atoms with Gasteiger partial charge in [0.1, 0.15) is 5.52 Å². The third-order valence-corrected chi connectivity index (χ3v) is 5.98. The van der Waals surface area contributed by atoms with Crippen LogP contribution in [-0.4, -0.2) is 44.8 Å². The van der Waals surface area contributed by atoms with E-state index in [0.717, 1.165) is 69.4 Å². The molecule has 8 heteroatoms. The molecule has 0 spiro atoms. The standard InChI is InChI=1S/C18H29N7O/c1-18(6-8-26-9-7-18)24-17-21-11-14-15(23-17)25(16(20)22-14)13-4-2-12(10-19)3-5-13/h11-13H,2-10,19H2,1H3,(H2,20,22)(H,21,23,24). The lowest BCUT2D eigenvalue weighted by Gasteiger charge is -2.34. The minimum atomic E-state index is -0.0402. The monoisotopic (exact) mass is 359 g/mol. The second kappa shape index (κ2) is 7.00. The number of imidazole rings is 1. The van der Waals surface area contributed by atoms with Crippen LogP contribution in [0.1, 0.15) is 51.5 Å². The minimum absolute atomic E-state index is 0.0402. The Hall–Kier alpha value is -1.93. The van der Waals surface area contributed by atoms with E-state index in [1.165, 1.54) is 0 Å². The molecule has 5 N–H and O–H groups in total. The first kappa shape index (κ1) is 17.5. The van der Waals surface area contributed by atoms with Gasteiger partial charge in [-0.15, -0.1) is 0 Å². The quantitative estimate of drug-likeness (QED) is 0.765. The van der Waals surface area contributed by atoms with Crippen molar-refractivity contribution in [2.24, 2.45) is 11.7 Å². The summed E-state index contributed by atoms with van der Waals surface area (Å²) in [5.74, 6) is 1.79. The van der Waals surface area contributed by atoms with Crippen molar-refractivity contribution < 1.29 is 4.74 Å². The summed E-state index contributed by atoms with van der Waals surface area (Å²) >= 11 is 0. The van der Waals surface area contributed by atoms with Gasteiger partial charge in [-0.05, 0) is 57.9 Å². The molecule has 0 atom stereocenters. The molecule has 4 rings (SSSR count). The van der Waals surface area contributed by atoms with E-state index in [1.54, 1.807) is 6.20 Å². The first-order valence-corrected chi connectivity index (χ1v) is 9.64. The summed E-state index contributed by atoms with van der Waals surface area (Å²) in [6.45, 7) is 4.50. The summed E-state index contributed by atoms with van der Waals surface area (Å²) in [6.07, 6.45) is 8.06. The van der Waals surface area contributed by atoms with E-state index in [0.29, 0.717) is 23.9 Å². The Labute approximate surface area is 153 Å². The zero-order valence-electron chi connectivity index (χ0n) is 15.4.